The van der Waals surface area contributed by atoms with Crippen molar-refractivity contribution in [3.8, 4) is 11.5 Å². The highest BCUT2D eigenvalue weighted by Crippen LogP contribution is 2.36. The Labute approximate surface area is 235 Å². The van der Waals surface area contributed by atoms with Gasteiger partial charge in [0.1, 0.15) is 11.5 Å². The van der Waals surface area contributed by atoms with Gasteiger partial charge in [-0.25, -0.2) is 0 Å². The van der Waals surface area contributed by atoms with E-state index >= 15 is 0 Å². The molecule has 4 rings (SSSR count). The summed E-state index contributed by atoms with van der Waals surface area (Å²) in [5.41, 5.74) is 4.54. The molecule has 2 atom stereocenters. The van der Waals surface area contributed by atoms with Crippen molar-refractivity contribution in [3.63, 3.8) is 0 Å². The number of thioether (sulfide) groups is 1. The SMILES string of the molecule is CC(=O)Oc1ccccc1C(CSCC(Cc1ccccc1)c1ccccc1OC(C)=O)Cc1ccccc1. The van der Waals surface area contributed by atoms with Gasteiger partial charge in [-0.05, 0) is 47.2 Å². The zero-order chi connectivity index (χ0) is 27.5. The fraction of sp³-hybridized carbons (Fsp3) is 0.235. The molecule has 0 saturated carbocycles. The van der Waals surface area contributed by atoms with Crippen LogP contribution in [0.15, 0.2) is 109 Å². The van der Waals surface area contributed by atoms with Crippen molar-refractivity contribution < 1.29 is 19.1 Å². The molecule has 0 fully saturated rings. The molecular formula is C34H34O4S. The van der Waals surface area contributed by atoms with Crippen LogP contribution in [0.5, 0.6) is 11.5 Å². The highest BCUT2D eigenvalue weighted by Gasteiger charge is 2.22. The number of benzene rings is 4. The minimum absolute atomic E-state index is 0.147. The minimum atomic E-state index is -0.321. The molecule has 39 heavy (non-hydrogen) atoms. The summed E-state index contributed by atoms with van der Waals surface area (Å²) < 4.78 is 11.2. The lowest BCUT2D eigenvalue weighted by molar-refractivity contribution is -0.132. The van der Waals surface area contributed by atoms with Crippen LogP contribution in [0.3, 0.4) is 0 Å². The van der Waals surface area contributed by atoms with Gasteiger partial charge in [-0.3, -0.25) is 9.59 Å². The first-order chi connectivity index (χ1) is 19.0. The largest absolute Gasteiger partial charge is 0.426 e. The highest BCUT2D eigenvalue weighted by molar-refractivity contribution is 7.99. The molecule has 4 aromatic carbocycles. The van der Waals surface area contributed by atoms with Crippen LogP contribution < -0.4 is 9.47 Å². The van der Waals surface area contributed by atoms with Gasteiger partial charge >= 0.3 is 11.9 Å². The maximum atomic E-state index is 11.8. The highest BCUT2D eigenvalue weighted by atomic mass is 32.2. The van der Waals surface area contributed by atoms with Gasteiger partial charge in [-0.1, -0.05) is 97.1 Å². The van der Waals surface area contributed by atoms with E-state index < -0.39 is 0 Å². The van der Waals surface area contributed by atoms with Crippen molar-refractivity contribution in [1.29, 1.82) is 0 Å². The number of rotatable bonds is 12. The summed E-state index contributed by atoms with van der Waals surface area (Å²) in [7, 11) is 0. The maximum absolute atomic E-state index is 11.8. The van der Waals surface area contributed by atoms with Crippen LogP contribution in [0.4, 0.5) is 0 Å². The Morgan fingerprint density at radius 2 is 0.923 bits per heavy atom. The molecule has 0 aliphatic rings. The van der Waals surface area contributed by atoms with Gasteiger partial charge in [-0.2, -0.15) is 11.8 Å². The molecule has 0 spiro atoms. The van der Waals surface area contributed by atoms with Crippen LogP contribution in [-0.4, -0.2) is 23.4 Å². The van der Waals surface area contributed by atoms with E-state index in [-0.39, 0.29) is 23.8 Å². The molecule has 0 N–H and O–H groups in total. The van der Waals surface area contributed by atoms with E-state index in [4.69, 9.17) is 9.47 Å². The Balaban J connectivity index is 1.59. The van der Waals surface area contributed by atoms with E-state index in [2.05, 4.69) is 60.7 Å². The normalized spacial score (nSPS) is 12.4. The Bertz CT molecular complexity index is 1250. The molecule has 0 saturated heterocycles. The van der Waals surface area contributed by atoms with E-state index in [9.17, 15) is 9.59 Å². The molecule has 0 radical (unpaired) electrons. The van der Waals surface area contributed by atoms with Crippen LogP contribution in [0.1, 0.15) is 47.9 Å². The summed E-state index contributed by atoms with van der Waals surface area (Å²) in [6, 6.07) is 36.5. The number of ether oxygens (including phenoxy) is 2. The van der Waals surface area contributed by atoms with Crippen molar-refractivity contribution in [1.82, 2.24) is 0 Å². The number of para-hydroxylation sites is 2. The van der Waals surface area contributed by atoms with Crippen LogP contribution in [-0.2, 0) is 22.4 Å². The summed E-state index contributed by atoms with van der Waals surface area (Å²) in [6.45, 7) is 2.87. The Hall–Kier alpha value is -3.83. The summed E-state index contributed by atoms with van der Waals surface area (Å²) >= 11 is 1.87. The molecule has 2 unspecified atom stereocenters. The second-order valence-electron chi connectivity index (χ2n) is 9.57. The lowest BCUT2D eigenvalue weighted by Crippen LogP contribution is -2.14. The molecule has 4 aromatic rings. The standard InChI is InChI=1S/C34H34O4S/c1-25(35)37-33-19-11-9-17-31(33)29(21-27-13-5-3-6-14-27)23-39-24-30(22-28-15-7-4-8-16-28)32-18-10-12-20-34(32)38-26(2)36/h3-20,29-30H,21-24H2,1-2H3. The van der Waals surface area contributed by atoms with Gasteiger partial charge in [0.15, 0.2) is 0 Å². The van der Waals surface area contributed by atoms with Crippen LogP contribution in [0.25, 0.3) is 0 Å². The van der Waals surface area contributed by atoms with E-state index in [1.807, 2.05) is 60.3 Å². The lowest BCUT2D eigenvalue weighted by Gasteiger charge is -2.23. The number of hydrogen-bond acceptors (Lipinski definition) is 5. The fourth-order valence-corrected chi connectivity index (χ4v) is 6.10. The summed E-state index contributed by atoms with van der Waals surface area (Å²) in [4.78, 5) is 23.7. The zero-order valence-corrected chi connectivity index (χ0v) is 23.2. The molecule has 0 bridgehead atoms. The Morgan fingerprint density at radius 3 is 1.31 bits per heavy atom. The first-order valence-electron chi connectivity index (χ1n) is 13.2. The average molecular weight is 539 g/mol. The van der Waals surface area contributed by atoms with Gasteiger partial charge in [0.25, 0.3) is 0 Å². The monoisotopic (exact) mass is 538 g/mol. The summed E-state index contributed by atoms with van der Waals surface area (Å²) in [6.07, 6.45) is 1.67. The molecule has 0 heterocycles. The second-order valence-corrected chi connectivity index (χ2v) is 10.6. The van der Waals surface area contributed by atoms with Crippen molar-refractivity contribution in [2.24, 2.45) is 0 Å². The van der Waals surface area contributed by atoms with Crippen molar-refractivity contribution in [3.05, 3.63) is 131 Å². The summed E-state index contributed by atoms with van der Waals surface area (Å²) in [5.74, 6) is 2.57. The van der Waals surface area contributed by atoms with Crippen molar-refractivity contribution >= 4 is 23.7 Å². The van der Waals surface area contributed by atoms with E-state index in [0.717, 1.165) is 35.5 Å². The molecule has 5 heteroatoms. The van der Waals surface area contributed by atoms with E-state index in [0.29, 0.717) is 11.5 Å². The van der Waals surface area contributed by atoms with E-state index in [1.165, 1.54) is 25.0 Å². The number of esters is 2. The zero-order valence-electron chi connectivity index (χ0n) is 22.4. The van der Waals surface area contributed by atoms with Crippen molar-refractivity contribution in [2.45, 2.75) is 38.5 Å². The quantitative estimate of drug-likeness (QED) is 0.137. The van der Waals surface area contributed by atoms with E-state index in [1.54, 1.807) is 0 Å². The molecule has 4 nitrogen and oxygen atoms in total. The molecule has 0 aromatic heterocycles. The molecule has 200 valence electrons. The maximum Gasteiger partial charge on any atom is 0.308 e. The predicted molar refractivity (Wildman–Crippen MR) is 159 cm³/mol. The van der Waals surface area contributed by atoms with Gasteiger partial charge in [0, 0.05) is 37.2 Å². The smallest absolute Gasteiger partial charge is 0.308 e. The first-order valence-corrected chi connectivity index (χ1v) is 14.4. The van der Waals surface area contributed by atoms with Gasteiger partial charge < -0.3 is 9.47 Å². The Kier molecular flexibility index (Phi) is 10.4. The molecular weight excluding hydrogens is 504 g/mol. The number of hydrogen-bond donors (Lipinski definition) is 0. The number of carbonyl (C=O) groups excluding carboxylic acids is 2. The van der Waals surface area contributed by atoms with Gasteiger partial charge in [0.05, 0.1) is 0 Å². The minimum Gasteiger partial charge on any atom is -0.426 e. The second kappa shape index (κ2) is 14.4. The topological polar surface area (TPSA) is 52.6 Å². The first kappa shape index (κ1) is 28.2. The third kappa shape index (κ3) is 8.59. The van der Waals surface area contributed by atoms with Crippen LogP contribution >= 0.6 is 11.8 Å². The molecule has 0 amide bonds. The third-order valence-corrected chi connectivity index (χ3v) is 7.79. The third-order valence-electron chi connectivity index (χ3n) is 6.51. The van der Waals surface area contributed by atoms with Gasteiger partial charge in [-0.15, -0.1) is 0 Å². The fourth-order valence-electron chi connectivity index (χ4n) is 4.80. The predicted octanol–water partition coefficient (Wildman–Crippen LogP) is 7.62. The molecule has 0 aliphatic carbocycles. The summed E-state index contributed by atoms with van der Waals surface area (Å²) in [5, 5.41) is 0. The average Bonchev–Trinajstić information content (AvgIpc) is 2.93. The van der Waals surface area contributed by atoms with Crippen LogP contribution in [0, 0.1) is 0 Å². The van der Waals surface area contributed by atoms with Gasteiger partial charge in [0.2, 0.25) is 0 Å². The Morgan fingerprint density at radius 1 is 0.564 bits per heavy atom. The lowest BCUT2D eigenvalue weighted by atomic mass is 9.92. The van der Waals surface area contributed by atoms with Crippen molar-refractivity contribution in [2.75, 3.05) is 11.5 Å². The van der Waals surface area contributed by atoms with Crippen LogP contribution in [0.2, 0.25) is 0 Å². The molecule has 0 aliphatic heterocycles. The number of carbonyl (C=O) groups is 2.